The molecule has 5 rings (SSSR count). The fraction of sp³-hybridized carbons (Fsp3) is 0.455. The van der Waals surface area contributed by atoms with E-state index in [1.807, 2.05) is 0 Å². The van der Waals surface area contributed by atoms with Crippen molar-refractivity contribution >= 4 is 17.1 Å². The molecule has 1 aliphatic carbocycles. The van der Waals surface area contributed by atoms with E-state index < -0.39 is 0 Å². The lowest BCUT2D eigenvalue weighted by atomic mass is 9.87. The molecule has 4 heteroatoms. The molecule has 1 aromatic carbocycles. The molecule has 0 spiro atoms. The van der Waals surface area contributed by atoms with Gasteiger partial charge in [-0.15, -0.1) is 0 Å². The van der Waals surface area contributed by atoms with Crippen LogP contribution in [0.4, 0.5) is 11.4 Å². The van der Waals surface area contributed by atoms with Crippen LogP contribution in [0.2, 0.25) is 0 Å². The lowest BCUT2D eigenvalue weighted by molar-refractivity contribution is 0.237. The maximum Gasteiger partial charge on any atom is 0.0506 e. The minimum absolute atomic E-state index is 0.708. The van der Waals surface area contributed by atoms with Gasteiger partial charge in [-0.3, -0.25) is 0 Å². The normalized spacial score (nSPS) is 21.2. The number of hydrogen-bond donors (Lipinski definition) is 0. The van der Waals surface area contributed by atoms with Crippen LogP contribution in [0.25, 0.3) is 5.70 Å². The van der Waals surface area contributed by atoms with Crippen molar-refractivity contribution in [2.75, 3.05) is 56.6 Å². The zero-order chi connectivity index (χ0) is 25.9. The zero-order valence-electron chi connectivity index (χ0n) is 23.2. The van der Waals surface area contributed by atoms with Gasteiger partial charge in [0, 0.05) is 55.0 Å². The number of likely N-dealkylation sites (tertiary alicyclic amines) is 2. The summed E-state index contributed by atoms with van der Waals surface area (Å²) >= 11 is 0. The molecule has 0 saturated carbocycles. The average molecular weight is 497 g/mol. The fourth-order valence-corrected chi connectivity index (χ4v) is 6.28. The number of piperidine rings is 2. The monoisotopic (exact) mass is 496 g/mol. The minimum atomic E-state index is 0.708. The molecule has 0 N–H and O–H groups in total. The Kier molecular flexibility index (Phi) is 7.76. The Labute approximate surface area is 224 Å². The van der Waals surface area contributed by atoms with Gasteiger partial charge in [0.2, 0.25) is 0 Å². The summed E-state index contributed by atoms with van der Waals surface area (Å²) in [5, 5.41) is 0. The van der Waals surface area contributed by atoms with Crippen LogP contribution in [-0.4, -0.2) is 56.6 Å². The van der Waals surface area contributed by atoms with Crippen molar-refractivity contribution in [2.45, 2.75) is 45.4 Å². The van der Waals surface area contributed by atoms with Gasteiger partial charge in [0.15, 0.2) is 0 Å². The molecule has 0 aromatic heterocycles. The van der Waals surface area contributed by atoms with Crippen molar-refractivity contribution in [1.29, 1.82) is 0 Å². The van der Waals surface area contributed by atoms with Crippen LogP contribution in [0.5, 0.6) is 0 Å². The van der Waals surface area contributed by atoms with Crippen LogP contribution >= 0.6 is 0 Å². The Morgan fingerprint density at radius 1 is 1.05 bits per heavy atom. The summed E-state index contributed by atoms with van der Waals surface area (Å²) in [5.74, 6) is 0.708. The third kappa shape index (κ3) is 5.36. The van der Waals surface area contributed by atoms with Crippen LogP contribution in [0.1, 0.15) is 51.0 Å². The SMILES string of the molecule is C=C(C1=CC=C(C2CCN(C)CC2)CC=C1)N(C)c1ccc2c(c1)C(N1CCCCC1)=CC(=C)N2CC. The number of anilines is 2. The summed E-state index contributed by atoms with van der Waals surface area (Å²) in [4.78, 5) is 9.58. The Balaban J connectivity index is 1.40. The molecule has 0 unspecified atom stereocenters. The molecule has 2 fully saturated rings. The summed E-state index contributed by atoms with van der Waals surface area (Å²) in [5.41, 5.74) is 9.95. The fourth-order valence-electron chi connectivity index (χ4n) is 6.28. The van der Waals surface area contributed by atoms with Crippen molar-refractivity contribution in [3.8, 4) is 0 Å². The van der Waals surface area contributed by atoms with E-state index in [1.165, 1.54) is 73.4 Å². The smallest absolute Gasteiger partial charge is 0.0506 e. The number of rotatable bonds is 6. The van der Waals surface area contributed by atoms with E-state index >= 15 is 0 Å². The van der Waals surface area contributed by atoms with E-state index in [4.69, 9.17) is 0 Å². The highest BCUT2D eigenvalue weighted by molar-refractivity contribution is 5.85. The Bertz CT molecular complexity index is 1150. The first-order chi connectivity index (χ1) is 18.0. The predicted molar refractivity (Wildman–Crippen MR) is 160 cm³/mol. The third-order valence-corrected chi connectivity index (χ3v) is 8.71. The molecule has 0 atom stereocenters. The van der Waals surface area contributed by atoms with Crippen molar-refractivity contribution < 1.29 is 0 Å². The van der Waals surface area contributed by atoms with E-state index in [0.717, 1.165) is 37.4 Å². The molecule has 0 bridgehead atoms. The number of benzene rings is 1. The van der Waals surface area contributed by atoms with Gasteiger partial charge in [0.05, 0.1) is 5.69 Å². The highest BCUT2D eigenvalue weighted by Gasteiger charge is 2.26. The second-order valence-electron chi connectivity index (χ2n) is 11.1. The quantitative estimate of drug-likeness (QED) is 0.421. The molecule has 37 heavy (non-hydrogen) atoms. The molecule has 3 aliphatic heterocycles. The molecular weight excluding hydrogens is 452 g/mol. The number of allylic oxidation sites excluding steroid dienone is 6. The first-order valence-electron chi connectivity index (χ1n) is 14.2. The highest BCUT2D eigenvalue weighted by Crippen LogP contribution is 2.40. The summed E-state index contributed by atoms with van der Waals surface area (Å²) in [6, 6.07) is 6.87. The molecule has 0 amide bonds. The van der Waals surface area contributed by atoms with Gasteiger partial charge < -0.3 is 19.6 Å². The van der Waals surface area contributed by atoms with Gasteiger partial charge in [-0.1, -0.05) is 43.0 Å². The summed E-state index contributed by atoms with van der Waals surface area (Å²) in [6.07, 6.45) is 19.0. The summed E-state index contributed by atoms with van der Waals surface area (Å²) in [7, 11) is 4.38. The van der Waals surface area contributed by atoms with Gasteiger partial charge in [0.25, 0.3) is 0 Å². The highest BCUT2D eigenvalue weighted by atomic mass is 15.2. The molecule has 2 saturated heterocycles. The Morgan fingerprint density at radius 2 is 1.81 bits per heavy atom. The van der Waals surface area contributed by atoms with Crippen LogP contribution in [0, 0.1) is 5.92 Å². The maximum atomic E-state index is 4.53. The Hall–Kier alpha value is -2.98. The van der Waals surface area contributed by atoms with Gasteiger partial charge in [-0.2, -0.15) is 0 Å². The van der Waals surface area contributed by atoms with E-state index in [1.54, 1.807) is 5.57 Å². The van der Waals surface area contributed by atoms with E-state index in [0.29, 0.717) is 5.92 Å². The average Bonchev–Trinajstić information content (AvgIpc) is 3.19. The second kappa shape index (κ2) is 11.2. The first kappa shape index (κ1) is 25.7. The topological polar surface area (TPSA) is 13.0 Å². The Morgan fingerprint density at radius 3 is 2.54 bits per heavy atom. The van der Waals surface area contributed by atoms with Crippen molar-refractivity contribution in [2.24, 2.45) is 5.92 Å². The van der Waals surface area contributed by atoms with Gasteiger partial charge >= 0.3 is 0 Å². The minimum Gasteiger partial charge on any atom is -0.371 e. The molecule has 3 heterocycles. The van der Waals surface area contributed by atoms with Gasteiger partial charge in [0.1, 0.15) is 0 Å². The third-order valence-electron chi connectivity index (χ3n) is 8.71. The lowest BCUT2D eigenvalue weighted by Gasteiger charge is -2.38. The van der Waals surface area contributed by atoms with E-state index in [9.17, 15) is 0 Å². The van der Waals surface area contributed by atoms with Crippen molar-refractivity contribution in [3.63, 3.8) is 0 Å². The number of nitrogens with zero attached hydrogens (tertiary/aromatic N) is 4. The van der Waals surface area contributed by atoms with Crippen LogP contribution in [0.15, 0.2) is 84.3 Å². The second-order valence-corrected chi connectivity index (χ2v) is 11.1. The number of likely N-dealkylation sites (N-methyl/N-ethyl adjacent to an activating group) is 2. The maximum absolute atomic E-state index is 4.53. The van der Waals surface area contributed by atoms with Crippen LogP contribution in [0.3, 0.4) is 0 Å². The van der Waals surface area contributed by atoms with E-state index in [2.05, 4.69) is 102 Å². The van der Waals surface area contributed by atoms with E-state index in [-0.39, 0.29) is 0 Å². The van der Waals surface area contributed by atoms with Crippen LogP contribution < -0.4 is 9.80 Å². The summed E-state index contributed by atoms with van der Waals surface area (Å²) < 4.78 is 0. The van der Waals surface area contributed by atoms with Crippen molar-refractivity contribution in [3.05, 3.63) is 89.8 Å². The van der Waals surface area contributed by atoms with Crippen LogP contribution in [-0.2, 0) is 0 Å². The van der Waals surface area contributed by atoms with Gasteiger partial charge in [-0.05, 0) is 101 Å². The van der Waals surface area contributed by atoms with Crippen molar-refractivity contribution in [1.82, 2.24) is 9.80 Å². The molecule has 196 valence electrons. The zero-order valence-corrected chi connectivity index (χ0v) is 23.2. The molecule has 4 nitrogen and oxygen atoms in total. The first-order valence-corrected chi connectivity index (χ1v) is 14.2. The number of hydrogen-bond acceptors (Lipinski definition) is 4. The molecule has 4 aliphatic rings. The molecular formula is C33H44N4. The molecule has 0 radical (unpaired) electrons. The number of fused-ring (bicyclic) bond motifs is 1. The predicted octanol–water partition coefficient (Wildman–Crippen LogP) is 6.97. The molecule has 1 aromatic rings. The largest absolute Gasteiger partial charge is 0.371 e. The lowest BCUT2D eigenvalue weighted by Crippen LogP contribution is -2.33. The summed E-state index contributed by atoms with van der Waals surface area (Å²) in [6.45, 7) is 16.7. The standard InChI is InChI=1S/C33H44N4/c1-6-37-25(2)23-33(36-19-8-7-9-20-36)31-24-30(15-16-32(31)37)35(5)26(3)27-11-10-12-28(14-13-27)29-17-21-34(4)22-18-29/h10-11,13-16,23-24,29H,2-3,6-9,12,17-22H2,1,4-5H3. The van der Waals surface area contributed by atoms with Gasteiger partial charge in [-0.25, -0.2) is 0 Å².